The molecule has 104 valence electrons. The molecule has 0 N–H and O–H groups in total. The molecule has 1 aromatic heterocycles. The van der Waals surface area contributed by atoms with Gasteiger partial charge in [0, 0.05) is 18.9 Å². The lowest BCUT2D eigenvalue weighted by molar-refractivity contribution is -0.0119. The molecule has 1 aliphatic rings. The fourth-order valence-electron chi connectivity index (χ4n) is 1.92. The minimum absolute atomic E-state index is 0.153. The Morgan fingerprint density at radius 3 is 3.00 bits per heavy atom. The molecule has 1 aromatic rings. The second-order valence-electron chi connectivity index (χ2n) is 4.41. The zero-order valence-electron chi connectivity index (χ0n) is 11.1. The first-order chi connectivity index (χ1) is 9.29. The largest absolute Gasteiger partial charge is 0.475 e. The quantitative estimate of drug-likeness (QED) is 0.764. The second-order valence-corrected chi connectivity index (χ2v) is 4.41. The summed E-state index contributed by atoms with van der Waals surface area (Å²) < 4.78 is 16.0. The Bertz CT molecular complexity index is 398. The van der Waals surface area contributed by atoms with Gasteiger partial charge >= 0.3 is 5.97 Å². The van der Waals surface area contributed by atoms with Crippen molar-refractivity contribution in [1.29, 1.82) is 0 Å². The molecule has 1 atom stereocenters. The minimum Gasteiger partial charge on any atom is -0.475 e. The van der Waals surface area contributed by atoms with Crippen LogP contribution in [0.25, 0.3) is 0 Å². The molecule has 0 bridgehead atoms. The molecule has 19 heavy (non-hydrogen) atoms. The van der Waals surface area contributed by atoms with Gasteiger partial charge in [0.05, 0.1) is 18.3 Å². The van der Waals surface area contributed by atoms with Crippen LogP contribution >= 0.6 is 0 Å². The van der Waals surface area contributed by atoms with Crippen molar-refractivity contribution < 1.29 is 19.0 Å². The van der Waals surface area contributed by atoms with Crippen LogP contribution in [0.4, 0.5) is 0 Å². The summed E-state index contributed by atoms with van der Waals surface area (Å²) in [4.78, 5) is 15.5. The van der Waals surface area contributed by atoms with Crippen molar-refractivity contribution in [2.45, 2.75) is 32.3 Å². The normalized spacial score (nSPS) is 18.9. The van der Waals surface area contributed by atoms with Crippen LogP contribution in [0.15, 0.2) is 18.3 Å². The Balaban J connectivity index is 1.82. The summed E-state index contributed by atoms with van der Waals surface area (Å²) in [7, 11) is 0. The molecule has 1 aliphatic heterocycles. The van der Waals surface area contributed by atoms with E-state index >= 15 is 0 Å². The number of hydrogen-bond donors (Lipinski definition) is 0. The number of nitrogens with zero attached hydrogens (tertiary/aromatic N) is 1. The number of aromatic nitrogens is 1. The van der Waals surface area contributed by atoms with Gasteiger partial charge in [-0.15, -0.1) is 0 Å². The maximum absolute atomic E-state index is 11.4. The Hall–Kier alpha value is -1.62. The first kappa shape index (κ1) is 13.8. The fraction of sp³-hybridized carbons (Fsp3) is 0.571. The zero-order valence-corrected chi connectivity index (χ0v) is 11.1. The molecule has 5 heteroatoms. The van der Waals surface area contributed by atoms with Crippen LogP contribution in [0, 0.1) is 0 Å². The zero-order chi connectivity index (χ0) is 13.5. The molecule has 1 fully saturated rings. The summed E-state index contributed by atoms with van der Waals surface area (Å²) in [5.41, 5.74) is 0.433. The van der Waals surface area contributed by atoms with Crippen LogP contribution in [0.3, 0.4) is 0 Å². The Kier molecular flexibility index (Phi) is 5.15. The van der Waals surface area contributed by atoms with E-state index in [1.807, 2.05) is 0 Å². The number of pyridine rings is 1. The van der Waals surface area contributed by atoms with E-state index in [0.717, 1.165) is 19.4 Å². The monoisotopic (exact) mass is 265 g/mol. The molecule has 0 radical (unpaired) electrons. The van der Waals surface area contributed by atoms with Gasteiger partial charge in [-0.1, -0.05) is 0 Å². The van der Waals surface area contributed by atoms with Gasteiger partial charge in [-0.05, 0) is 32.3 Å². The molecule has 1 unspecified atom stereocenters. The van der Waals surface area contributed by atoms with E-state index in [2.05, 4.69) is 4.98 Å². The van der Waals surface area contributed by atoms with Crippen molar-refractivity contribution in [3.05, 3.63) is 23.9 Å². The van der Waals surface area contributed by atoms with Gasteiger partial charge in [-0.2, -0.15) is 0 Å². The molecule has 2 rings (SSSR count). The lowest BCUT2D eigenvalue weighted by atomic mass is 10.1. The highest BCUT2D eigenvalue weighted by Gasteiger charge is 2.15. The summed E-state index contributed by atoms with van der Waals surface area (Å²) in [5.74, 6) is 0.138. The highest BCUT2D eigenvalue weighted by atomic mass is 16.5. The molecule has 0 spiro atoms. The van der Waals surface area contributed by atoms with E-state index in [4.69, 9.17) is 14.2 Å². The van der Waals surface area contributed by atoms with E-state index < -0.39 is 0 Å². The standard InChI is InChI=1S/C14H19NO4/c1-2-17-14(16)11-6-7-13(15-9-11)19-10-12-5-3-4-8-18-12/h6-7,9,12H,2-5,8,10H2,1H3. The molecule has 0 saturated carbocycles. The van der Waals surface area contributed by atoms with E-state index in [1.165, 1.54) is 12.6 Å². The molecule has 5 nitrogen and oxygen atoms in total. The van der Waals surface area contributed by atoms with E-state index in [1.54, 1.807) is 19.1 Å². The molecule has 0 aliphatic carbocycles. The van der Waals surface area contributed by atoms with Crippen molar-refractivity contribution in [1.82, 2.24) is 4.98 Å². The van der Waals surface area contributed by atoms with Gasteiger partial charge < -0.3 is 14.2 Å². The molecular weight excluding hydrogens is 246 g/mol. The van der Waals surface area contributed by atoms with Crippen LogP contribution in [-0.4, -0.2) is 36.9 Å². The minimum atomic E-state index is -0.364. The first-order valence-corrected chi connectivity index (χ1v) is 6.67. The number of hydrogen-bond acceptors (Lipinski definition) is 5. The van der Waals surface area contributed by atoms with Gasteiger partial charge in [-0.25, -0.2) is 9.78 Å². The van der Waals surface area contributed by atoms with Gasteiger partial charge in [0.25, 0.3) is 0 Å². The first-order valence-electron chi connectivity index (χ1n) is 6.67. The molecule has 1 saturated heterocycles. The van der Waals surface area contributed by atoms with Gasteiger partial charge in [0.1, 0.15) is 6.61 Å². The topological polar surface area (TPSA) is 57.7 Å². The van der Waals surface area contributed by atoms with E-state index in [9.17, 15) is 4.79 Å². The number of esters is 1. The third-order valence-corrected chi connectivity index (χ3v) is 2.94. The maximum Gasteiger partial charge on any atom is 0.339 e. The molecule has 0 amide bonds. The fourth-order valence-corrected chi connectivity index (χ4v) is 1.92. The van der Waals surface area contributed by atoms with Crippen LogP contribution in [0.1, 0.15) is 36.5 Å². The van der Waals surface area contributed by atoms with Crippen molar-refractivity contribution >= 4 is 5.97 Å². The number of rotatable bonds is 5. The predicted octanol–water partition coefficient (Wildman–Crippen LogP) is 2.21. The Morgan fingerprint density at radius 2 is 2.37 bits per heavy atom. The SMILES string of the molecule is CCOC(=O)c1ccc(OCC2CCCCO2)nc1. The van der Waals surface area contributed by atoms with Crippen molar-refractivity contribution in [3.63, 3.8) is 0 Å². The third kappa shape index (κ3) is 4.21. The molecular formula is C14H19NO4. The summed E-state index contributed by atoms with van der Waals surface area (Å²) in [6.07, 6.45) is 4.96. The van der Waals surface area contributed by atoms with Crippen molar-refractivity contribution in [2.24, 2.45) is 0 Å². The van der Waals surface area contributed by atoms with Crippen molar-refractivity contribution in [2.75, 3.05) is 19.8 Å². The Labute approximate surface area is 112 Å². The lowest BCUT2D eigenvalue weighted by Crippen LogP contribution is -2.26. The van der Waals surface area contributed by atoms with Crippen LogP contribution in [-0.2, 0) is 9.47 Å². The smallest absolute Gasteiger partial charge is 0.339 e. The average Bonchev–Trinajstić information content (AvgIpc) is 2.47. The summed E-state index contributed by atoms with van der Waals surface area (Å²) in [6.45, 7) is 3.44. The molecule has 0 aromatic carbocycles. The lowest BCUT2D eigenvalue weighted by Gasteiger charge is -2.22. The summed E-state index contributed by atoms with van der Waals surface area (Å²) in [6, 6.07) is 3.33. The second kappa shape index (κ2) is 7.09. The van der Waals surface area contributed by atoms with E-state index in [-0.39, 0.29) is 12.1 Å². The third-order valence-electron chi connectivity index (χ3n) is 2.94. The number of ether oxygens (including phenoxy) is 3. The van der Waals surface area contributed by atoms with Crippen LogP contribution in [0.5, 0.6) is 5.88 Å². The molecule has 2 heterocycles. The van der Waals surface area contributed by atoms with E-state index in [0.29, 0.717) is 24.7 Å². The predicted molar refractivity (Wildman–Crippen MR) is 69.3 cm³/mol. The number of carbonyl (C=O) groups is 1. The highest BCUT2D eigenvalue weighted by Crippen LogP contribution is 2.15. The Morgan fingerprint density at radius 1 is 1.47 bits per heavy atom. The van der Waals surface area contributed by atoms with Gasteiger partial charge in [-0.3, -0.25) is 0 Å². The number of carbonyl (C=O) groups excluding carboxylic acids is 1. The van der Waals surface area contributed by atoms with Gasteiger partial charge in [0.2, 0.25) is 5.88 Å². The van der Waals surface area contributed by atoms with Gasteiger partial charge in [0.15, 0.2) is 0 Å². The summed E-state index contributed by atoms with van der Waals surface area (Å²) in [5, 5.41) is 0. The van der Waals surface area contributed by atoms with Crippen LogP contribution in [0.2, 0.25) is 0 Å². The van der Waals surface area contributed by atoms with Crippen LogP contribution < -0.4 is 4.74 Å². The summed E-state index contributed by atoms with van der Waals surface area (Å²) >= 11 is 0. The van der Waals surface area contributed by atoms with Crippen molar-refractivity contribution in [3.8, 4) is 5.88 Å². The maximum atomic E-state index is 11.4. The highest BCUT2D eigenvalue weighted by molar-refractivity contribution is 5.89. The average molecular weight is 265 g/mol.